The lowest BCUT2D eigenvalue weighted by Gasteiger charge is -2.42. The zero-order valence-electron chi connectivity index (χ0n) is 20.4. The molecule has 1 amide bonds. The summed E-state index contributed by atoms with van der Waals surface area (Å²) < 4.78 is 0. The smallest absolute Gasteiger partial charge is 0.240 e. The molecule has 0 aromatic heterocycles. The molecule has 0 aromatic carbocycles. The van der Waals surface area contributed by atoms with Crippen LogP contribution in [0.3, 0.4) is 0 Å². The van der Waals surface area contributed by atoms with Crippen LogP contribution in [-0.4, -0.2) is 84.2 Å². The van der Waals surface area contributed by atoms with Crippen molar-refractivity contribution < 1.29 is 4.79 Å². The van der Waals surface area contributed by atoms with E-state index in [-0.39, 0.29) is 17.1 Å². The van der Waals surface area contributed by atoms with E-state index in [4.69, 9.17) is 5.41 Å². The average molecular weight is 476 g/mol. The van der Waals surface area contributed by atoms with Gasteiger partial charge in [-0.15, -0.1) is 12.6 Å². The number of rotatable bonds is 8. The minimum atomic E-state index is -0.792. The summed E-state index contributed by atoms with van der Waals surface area (Å²) in [5, 5.41) is 27.5. The van der Waals surface area contributed by atoms with Crippen LogP contribution in [0.1, 0.15) is 39.0 Å². The Morgan fingerprint density at radius 1 is 1.33 bits per heavy atom. The Labute approximate surface area is 202 Å². The number of guanidine groups is 1. The van der Waals surface area contributed by atoms with Crippen molar-refractivity contribution in [2.45, 2.75) is 45.1 Å². The molecule has 1 saturated heterocycles. The molecule has 0 spiro atoms. The molecule has 3 N–H and O–H groups in total. The molecule has 0 atom stereocenters. The molecule has 2 rings (SSSR count). The average Bonchev–Trinajstić information content (AvgIpc) is 3.61. The van der Waals surface area contributed by atoms with Crippen LogP contribution >= 0.6 is 12.6 Å². The summed E-state index contributed by atoms with van der Waals surface area (Å²) in [5.74, 6) is 1.40. The highest BCUT2D eigenvalue weighted by Crippen LogP contribution is 2.45. The summed E-state index contributed by atoms with van der Waals surface area (Å²) in [4.78, 5) is 20.8. The molecule has 0 aromatic rings. The van der Waals surface area contributed by atoms with Gasteiger partial charge in [0.2, 0.25) is 11.9 Å². The number of likely N-dealkylation sites (tertiary alicyclic amines) is 1. The number of hydrogen-bond acceptors (Lipinski definition) is 6. The van der Waals surface area contributed by atoms with E-state index in [2.05, 4.69) is 52.7 Å². The van der Waals surface area contributed by atoms with Crippen molar-refractivity contribution in [2.75, 3.05) is 41.3 Å². The number of allylic oxidation sites excluding steroid dienone is 1. The summed E-state index contributed by atoms with van der Waals surface area (Å²) in [6, 6.07) is 2.22. The van der Waals surface area contributed by atoms with E-state index >= 15 is 0 Å². The molecule has 0 radical (unpaired) electrons. The molecule has 1 aliphatic heterocycles. The van der Waals surface area contributed by atoms with Crippen molar-refractivity contribution in [3.63, 3.8) is 0 Å². The number of carbonyl (C=O) groups is 1. The van der Waals surface area contributed by atoms with E-state index in [1.54, 1.807) is 11.9 Å². The monoisotopic (exact) mass is 475 g/mol. The maximum absolute atomic E-state index is 12.4. The van der Waals surface area contributed by atoms with Crippen LogP contribution in [0.15, 0.2) is 29.3 Å². The van der Waals surface area contributed by atoms with Crippen molar-refractivity contribution >= 4 is 29.7 Å². The first kappa shape index (κ1) is 26.4. The van der Waals surface area contributed by atoms with Gasteiger partial charge in [0, 0.05) is 53.5 Å². The van der Waals surface area contributed by atoms with E-state index in [0.29, 0.717) is 12.8 Å². The Kier molecular flexibility index (Phi) is 9.05. The van der Waals surface area contributed by atoms with Crippen LogP contribution in [0.2, 0.25) is 0 Å². The molecule has 2 aliphatic rings. The van der Waals surface area contributed by atoms with Crippen molar-refractivity contribution in [3.8, 4) is 6.07 Å². The first-order valence-corrected chi connectivity index (χ1v) is 11.7. The fraction of sp³-hybridized carbons (Fsp3) is 0.636. The minimum absolute atomic E-state index is 0.0598. The lowest BCUT2D eigenvalue weighted by atomic mass is 10.0. The summed E-state index contributed by atoms with van der Waals surface area (Å²) in [5.41, 5.74) is 0.173. The quantitative estimate of drug-likeness (QED) is 0.183. The van der Waals surface area contributed by atoms with Gasteiger partial charge in [-0.05, 0) is 32.1 Å². The molecule has 1 aliphatic carbocycles. The van der Waals surface area contributed by atoms with Gasteiger partial charge in [0.25, 0.3) is 0 Å². The van der Waals surface area contributed by atoms with Gasteiger partial charge in [0.05, 0.1) is 11.8 Å². The third kappa shape index (κ3) is 5.93. The fourth-order valence-electron chi connectivity index (χ4n) is 3.99. The van der Waals surface area contributed by atoms with Gasteiger partial charge in [-0.1, -0.05) is 13.5 Å². The van der Waals surface area contributed by atoms with Crippen molar-refractivity contribution in [1.82, 2.24) is 30.5 Å². The van der Waals surface area contributed by atoms with Gasteiger partial charge in [0.15, 0.2) is 5.17 Å². The third-order valence-electron chi connectivity index (χ3n) is 6.35. The summed E-state index contributed by atoms with van der Waals surface area (Å²) in [7, 11) is 7.51. The number of nitriles is 1. The molecule has 1 heterocycles. The van der Waals surface area contributed by atoms with E-state index in [1.807, 2.05) is 31.2 Å². The third-order valence-corrected chi connectivity index (χ3v) is 6.65. The molecule has 182 valence electrons. The van der Waals surface area contributed by atoms with Crippen molar-refractivity contribution in [2.24, 2.45) is 10.4 Å². The van der Waals surface area contributed by atoms with E-state index in [9.17, 15) is 10.1 Å². The lowest BCUT2D eigenvalue weighted by Crippen LogP contribution is -2.54. The summed E-state index contributed by atoms with van der Waals surface area (Å²) in [6.07, 6.45) is 5.12. The second kappa shape index (κ2) is 11.3. The maximum atomic E-state index is 12.4. The van der Waals surface area contributed by atoms with E-state index in [0.717, 1.165) is 49.8 Å². The highest BCUT2D eigenvalue weighted by molar-refractivity contribution is 7.96. The summed E-state index contributed by atoms with van der Waals surface area (Å²) in [6.45, 7) is 7.29. The Morgan fingerprint density at radius 3 is 2.36 bits per heavy atom. The molecule has 33 heavy (non-hydrogen) atoms. The van der Waals surface area contributed by atoms with Gasteiger partial charge in [-0.25, -0.2) is 4.99 Å². The first-order chi connectivity index (χ1) is 15.6. The number of amidine groups is 1. The van der Waals surface area contributed by atoms with Crippen LogP contribution in [0.5, 0.6) is 0 Å². The van der Waals surface area contributed by atoms with Gasteiger partial charge < -0.3 is 20.4 Å². The number of thiol groups is 1. The van der Waals surface area contributed by atoms with E-state index in [1.165, 1.54) is 6.20 Å². The minimum Gasteiger partial charge on any atom is -0.373 e. The maximum Gasteiger partial charge on any atom is 0.240 e. The van der Waals surface area contributed by atoms with Crippen LogP contribution in [0.4, 0.5) is 0 Å². The lowest BCUT2D eigenvalue weighted by molar-refractivity contribution is -0.125. The highest BCUT2D eigenvalue weighted by atomic mass is 32.1. The van der Waals surface area contributed by atoms with Crippen LogP contribution in [0.25, 0.3) is 0 Å². The molecule has 11 heteroatoms. The van der Waals surface area contributed by atoms with Gasteiger partial charge in [-0.2, -0.15) is 5.26 Å². The Morgan fingerprint density at radius 2 is 1.94 bits per heavy atom. The molecule has 2 fully saturated rings. The number of nitrogens with one attached hydrogen (secondary N) is 3. The number of carbonyl (C=O) groups excluding carboxylic acids is 1. The summed E-state index contributed by atoms with van der Waals surface area (Å²) >= 11 is 4.17. The second-order valence-electron chi connectivity index (χ2n) is 8.37. The molecule has 0 bridgehead atoms. The number of piperidine rings is 1. The predicted octanol–water partition coefficient (Wildman–Crippen LogP) is 1.74. The van der Waals surface area contributed by atoms with Gasteiger partial charge in [-0.3, -0.25) is 20.2 Å². The van der Waals surface area contributed by atoms with Crippen molar-refractivity contribution in [3.05, 3.63) is 24.3 Å². The zero-order valence-corrected chi connectivity index (χ0v) is 21.2. The van der Waals surface area contributed by atoms with Crippen LogP contribution in [-0.2, 0) is 4.79 Å². The van der Waals surface area contributed by atoms with E-state index < -0.39 is 5.41 Å². The Hall–Kier alpha value is -2.87. The zero-order chi connectivity index (χ0) is 24.8. The fourth-order valence-corrected chi connectivity index (χ4v) is 4.09. The molecule has 1 saturated carbocycles. The van der Waals surface area contributed by atoms with Crippen LogP contribution in [0, 0.1) is 22.2 Å². The predicted molar refractivity (Wildman–Crippen MR) is 134 cm³/mol. The van der Waals surface area contributed by atoms with Gasteiger partial charge >= 0.3 is 0 Å². The first-order valence-electron chi connectivity index (χ1n) is 11.2. The number of nitrogens with zero attached hydrogens (tertiary/aromatic N) is 6. The van der Waals surface area contributed by atoms with Crippen LogP contribution < -0.4 is 10.6 Å². The number of hydrogen-bond donors (Lipinski definition) is 4. The normalized spacial score (nSPS) is 18.5. The molecule has 0 unspecified atom stereocenters. The Balaban J connectivity index is 2.12. The Bertz CT molecular complexity index is 850. The number of hydrazine groups is 1. The number of aliphatic imine (C=N–C) groups is 1. The largest absolute Gasteiger partial charge is 0.373 e. The second-order valence-corrected chi connectivity index (χ2v) is 8.79. The van der Waals surface area contributed by atoms with Crippen molar-refractivity contribution in [1.29, 1.82) is 10.7 Å². The molecular formula is C22H37N9OS. The topological polar surface area (TPSA) is 114 Å². The SMILES string of the molecule is C=C/N=C(/N1CCC(NC(=O)C2(C#N)CC2)CC1)N(C)N(C)/C(CC)=C(\NC)N(C)C(=N)S. The molecule has 10 nitrogen and oxygen atoms in total. The highest BCUT2D eigenvalue weighted by Gasteiger charge is 2.51. The molecular weight excluding hydrogens is 438 g/mol. The number of amides is 1. The van der Waals surface area contributed by atoms with Gasteiger partial charge in [0.1, 0.15) is 11.2 Å². The standard InChI is InChI=1S/C22H37N9OS/c1-7-17(18(25-3)28(4)20(24)33)29(5)30(6)21(26-8-2)31-13-9-16(10-14-31)27-19(32)22(15-23)11-12-22/h8,16,25H,2,7,9-14H2,1,3-6H3,(H2,24,33)(H,27,32)/b18-17+,26-21+.